The average molecular weight is 127 g/mol. The van der Waals surface area contributed by atoms with E-state index in [2.05, 4.69) is 20.8 Å². The van der Waals surface area contributed by atoms with E-state index in [-0.39, 0.29) is 0 Å². The molecule has 0 aromatic rings. The van der Waals surface area contributed by atoms with Gasteiger partial charge in [0.1, 0.15) is 0 Å². The van der Waals surface area contributed by atoms with Crippen LogP contribution in [0.1, 0.15) is 33.6 Å². The van der Waals surface area contributed by atoms with Crippen molar-refractivity contribution in [2.24, 2.45) is 17.1 Å². The number of nitrogens with two attached hydrogens (primary N) is 1. The van der Waals surface area contributed by atoms with Crippen molar-refractivity contribution < 1.29 is 0 Å². The van der Waals surface area contributed by atoms with E-state index in [0.29, 0.717) is 11.5 Å². The normalized spacial score (nSPS) is 41.3. The quantitative estimate of drug-likeness (QED) is 0.527. The lowest BCUT2D eigenvalue weighted by atomic mass is 9.86. The van der Waals surface area contributed by atoms with Crippen molar-refractivity contribution in [3.8, 4) is 0 Å². The van der Waals surface area contributed by atoms with Crippen molar-refractivity contribution in [3.05, 3.63) is 0 Å². The molecule has 0 radical (unpaired) electrons. The smallest absolute Gasteiger partial charge is 0.0116 e. The Labute approximate surface area is 57.6 Å². The minimum absolute atomic E-state index is 0.402. The van der Waals surface area contributed by atoms with Crippen LogP contribution < -0.4 is 5.73 Å². The fourth-order valence-electron chi connectivity index (χ4n) is 1.72. The van der Waals surface area contributed by atoms with Crippen molar-refractivity contribution in [2.75, 3.05) is 0 Å². The summed E-state index contributed by atoms with van der Waals surface area (Å²) in [6.07, 6.45) is 2.61. The van der Waals surface area contributed by atoms with E-state index in [1.165, 1.54) is 12.8 Å². The molecule has 1 aliphatic rings. The number of hydrogen-bond acceptors (Lipinski definition) is 1. The minimum Gasteiger partial charge on any atom is -0.327 e. The lowest BCUT2D eigenvalue weighted by Crippen LogP contribution is -2.35. The monoisotopic (exact) mass is 127 g/mol. The molecule has 1 fully saturated rings. The largest absolute Gasteiger partial charge is 0.327 e. The molecule has 1 saturated carbocycles. The van der Waals surface area contributed by atoms with Crippen LogP contribution in [-0.4, -0.2) is 6.04 Å². The molecule has 1 aliphatic carbocycles. The van der Waals surface area contributed by atoms with Gasteiger partial charge < -0.3 is 5.73 Å². The Morgan fingerprint density at radius 2 is 2.00 bits per heavy atom. The zero-order valence-corrected chi connectivity index (χ0v) is 6.65. The predicted molar refractivity (Wildman–Crippen MR) is 40.2 cm³/mol. The number of rotatable bonds is 0. The molecular formula is C8H17N. The molecule has 0 spiro atoms. The third-order valence-electron chi connectivity index (χ3n) is 2.76. The second-order valence-corrected chi connectivity index (χ2v) is 4.03. The molecule has 1 heteroatoms. The van der Waals surface area contributed by atoms with Crippen LogP contribution in [-0.2, 0) is 0 Å². The first kappa shape index (κ1) is 7.07. The molecule has 0 saturated heterocycles. The van der Waals surface area contributed by atoms with Crippen molar-refractivity contribution in [2.45, 2.75) is 39.7 Å². The maximum atomic E-state index is 5.96. The van der Waals surface area contributed by atoms with E-state index in [1.807, 2.05) is 0 Å². The Hall–Kier alpha value is -0.0400. The van der Waals surface area contributed by atoms with E-state index < -0.39 is 0 Å². The van der Waals surface area contributed by atoms with Crippen molar-refractivity contribution in [3.63, 3.8) is 0 Å². The summed E-state index contributed by atoms with van der Waals surface area (Å²) in [6, 6.07) is 0.428. The molecule has 2 N–H and O–H groups in total. The summed E-state index contributed by atoms with van der Waals surface area (Å²) in [7, 11) is 0. The van der Waals surface area contributed by atoms with Gasteiger partial charge in [0.25, 0.3) is 0 Å². The highest BCUT2D eigenvalue weighted by molar-refractivity contribution is 4.91. The standard InChI is InChI=1S/C8H17N/c1-6-4-5-8(2,3)7(6)9/h6-7H,4-5,9H2,1-3H3/t6-,7-/m1/s1. The van der Waals surface area contributed by atoms with Crippen molar-refractivity contribution in [1.82, 2.24) is 0 Å². The minimum atomic E-state index is 0.402. The molecule has 0 aromatic heterocycles. The molecule has 2 atom stereocenters. The Morgan fingerprint density at radius 3 is 2.11 bits per heavy atom. The highest BCUT2D eigenvalue weighted by Crippen LogP contribution is 2.39. The first-order chi connectivity index (χ1) is 4.04. The van der Waals surface area contributed by atoms with Crippen LogP contribution in [0.4, 0.5) is 0 Å². The molecule has 0 unspecified atom stereocenters. The van der Waals surface area contributed by atoms with Gasteiger partial charge in [-0.25, -0.2) is 0 Å². The second kappa shape index (κ2) is 1.98. The lowest BCUT2D eigenvalue weighted by Gasteiger charge is -2.24. The molecule has 9 heavy (non-hydrogen) atoms. The summed E-state index contributed by atoms with van der Waals surface area (Å²) < 4.78 is 0. The second-order valence-electron chi connectivity index (χ2n) is 4.03. The fraction of sp³-hybridized carbons (Fsp3) is 1.00. The molecule has 0 aromatic carbocycles. The first-order valence-corrected chi connectivity index (χ1v) is 3.79. The highest BCUT2D eigenvalue weighted by atomic mass is 14.7. The van der Waals surface area contributed by atoms with Crippen LogP contribution in [0.15, 0.2) is 0 Å². The van der Waals surface area contributed by atoms with Gasteiger partial charge in [-0.2, -0.15) is 0 Å². The SMILES string of the molecule is C[C@@H]1CCC(C)(C)[C@@H]1N. The summed E-state index contributed by atoms with van der Waals surface area (Å²) in [5, 5.41) is 0. The third kappa shape index (κ3) is 1.11. The van der Waals surface area contributed by atoms with Gasteiger partial charge in [-0.15, -0.1) is 0 Å². The van der Waals surface area contributed by atoms with Crippen molar-refractivity contribution in [1.29, 1.82) is 0 Å². The predicted octanol–water partition coefficient (Wildman–Crippen LogP) is 1.77. The van der Waals surface area contributed by atoms with Gasteiger partial charge in [0.05, 0.1) is 0 Å². The highest BCUT2D eigenvalue weighted by Gasteiger charge is 2.36. The third-order valence-corrected chi connectivity index (χ3v) is 2.76. The molecule has 0 amide bonds. The summed E-state index contributed by atoms with van der Waals surface area (Å²) in [5.41, 5.74) is 6.36. The van der Waals surface area contributed by atoms with Gasteiger partial charge in [-0.3, -0.25) is 0 Å². The van der Waals surface area contributed by atoms with E-state index >= 15 is 0 Å². The summed E-state index contributed by atoms with van der Waals surface area (Å²) in [4.78, 5) is 0. The topological polar surface area (TPSA) is 26.0 Å². The average Bonchev–Trinajstić information content (AvgIpc) is 1.97. The summed E-state index contributed by atoms with van der Waals surface area (Å²) in [6.45, 7) is 6.78. The van der Waals surface area contributed by atoms with Crippen LogP contribution in [0.25, 0.3) is 0 Å². The van der Waals surface area contributed by atoms with Crippen LogP contribution in [0.5, 0.6) is 0 Å². The van der Waals surface area contributed by atoms with Gasteiger partial charge >= 0.3 is 0 Å². The Kier molecular flexibility index (Phi) is 1.55. The molecule has 0 aliphatic heterocycles. The van der Waals surface area contributed by atoms with Gasteiger partial charge in [-0.05, 0) is 24.2 Å². The zero-order valence-electron chi connectivity index (χ0n) is 6.65. The van der Waals surface area contributed by atoms with Gasteiger partial charge in [0.15, 0.2) is 0 Å². The Morgan fingerprint density at radius 1 is 1.44 bits per heavy atom. The zero-order chi connectivity index (χ0) is 7.07. The molecule has 0 bridgehead atoms. The summed E-state index contributed by atoms with van der Waals surface area (Å²) in [5.74, 6) is 0.736. The molecule has 0 heterocycles. The van der Waals surface area contributed by atoms with Crippen LogP contribution in [0.3, 0.4) is 0 Å². The van der Waals surface area contributed by atoms with Crippen LogP contribution >= 0.6 is 0 Å². The van der Waals surface area contributed by atoms with Crippen LogP contribution in [0, 0.1) is 11.3 Å². The molecule has 1 nitrogen and oxygen atoms in total. The fourth-order valence-corrected chi connectivity index (χ4v) is 1.72. The van der Waals surface area contributed by atoms with Crippen molar-refractivity contribution >= 4 is 0 Å². The van der Waals surface area contributed by atoms with E-state index in [9.17, 15) is 0 Å². The lowest BCUT2D eigenvalue weighted by molar-refractivity contribution is 0.308. The van der Waals surface area contributed by atoms with Gasteiger partial charge in [0, 0.05) is 6.04 Å². The maximum absolute atomic E-state index is 5.96. The van der Waals surface area contributed by atoms with Crippen LogP contribution in [0.2, 0.25) is 0 Å². The number of hydrogen-bond donors (Lipinski definition) is 1. The van der Waals surface area contributed by atoms with Gasteiger partial charge in [-0.1, -0.05) is 20.8 Å². The van der Waals surface area contributed by atoms with E-state index in [0.717, 1.165) is 5.92 Å². The maximum Gasteiger partial charge on any atom is 0.0116 e. The molecular weight excluding hydrogens is 110 g/mol. The van der Waals surface area contributed by atoms with E-state index in [4.69, 9.17) is 5.73 Å². The molecule has 54 valence electrons. The molecule has 1 rings (SSSR count). The van der Waals surface area contributed by atoms with Gasteiger partial charge in [0.2, 0.25) is 0 Å². The summed E-state index contributed by atoms with van der Waals surface area (Å²) >= 11 is 0. The Bertz CT molecular complexity index is 107. The first-order valence-electron chi connectivity index (χ1n) is 3.79. The Balaban J connectivity index is 2.62. The van der Waals surface area contributed by atoms with E-state index in [1.54, 1.807) is 0 Å².